The molecule has 7 rings (SSSR count). The largest absolute Gasteiger partial charge is 0.455 e. The molecule has 1 aliphatic heterocycles. The number of carbonyl (C=O) groups is 2. The van der Waals surface area contributed by atoms with Crippen LogP contribution in [0.3, 0.4) is 0 Å². The zero-order valence-electron chi connectivity index (χ0n) is 21.5. The van der Waals surface area contributed by atoms with Gasteiger partial charge in [0.05, 0.1) is 11.5 Å². The van der Waals surface area contributed by atoms with Crippen molar-refractivity contribution in [1.29, 1.82) is 0 Å². The van der Waals surface area contributed by atoms with Crippen LogP contribution >= 0.6 is 0 Å². The summed E-state index contributed by atoms with van der Waals surface area (Å²) in [4.78, 5) is 27.5. The first-order chi connectivity index (χ1) is 17.6. The summed E-state index contributed by atoms with van der Waals surface area (Å²) in [5.41, 5.74) is 3.03. The molecule has 0 unspecified atom stereocenters. The first kappa shape index (κ1) is 23.4. The van der Waals surface area contributed by atoms with E-state index in [0.717, 1.165) is 30.4 Å². The molecule has 4 bridgehead atoms. The maximum atomic E-state index is 14.3. The van der Waals surface area contributed by atoms with Crippen molar-refractivity contribution < 1.29 is 24.5 Å². The number of aliphatic hydroxyl groups is 2. The van der Waals surface area contributed by atoms with Gasteiger partial charge in [0.1, 0.15) is 17.6 Å². The Morgan fingerprint density at radius 1 is 1.32 bits per heavy atom. The van der Waals surface area contributed by atoms with E-state index in [1.807, 2.05) is 19.1 Å². The number of hydrogen-bond acceptors (Lipinski definition) is 5. The predicted molar refractivity (Wildman–Crippen MR) is 138 cm³/mol. The van der Waals surface area contributed by atoms with Crippen LogP contribution in [0.4, 0.5) is 0 Å². The first-order valence-electron chi connectivity index (χ1n) is 13.7. The summed E-state index contributed by atoms with van der Waals surface area (Å²) >= 11 is 0. The average molecular weight is 502 g/mol. The summed E-state index contributed by atoms with van der Waals surface area (Å²) in [7, 11) is 0. The number of nitrogens with one attached hydrogen (secondary N) is 1. The second-order valence-corrected chi connectivity index (χ2v) is 12.7. The van der Waals surface area contributed by atoms with Crippen LogP contribution < -0.4 is 5.32 Å². The summed E-state index contributed by atoms with van der Waals surface area (Å²) in [6.07, 6.45) is 6.56. The molecule has 3 N–H and O–H groups in total. The summed E-state index contributed by atoms with van der Waals surface area (Å²) in [6, 6.07) is 8.28. The molecule has 1 saturated heterocycles. The van der Waals surface area contributed by atoms with E-state index in [4.69, 9.17) is 4.74 Å². The van der Waals surface area contributed by atoms with Crippen molar-refractivity contribution in [3.05, 3.63) is 65.3 Å². The van der Waals surface area contributed by atoms with Crippen molar-refractivity contribution in [2.45, 2.75) is 76.2 Å². The van der Waals surface area contributed by atoms with Gasteiger partial charge in [-0.1, -0.05) is 42.5 Å². The second-order valence-electron chi connectivity index (χ2n) is 12.7. The van der Waals surface area contributed by atoms with Gasteiger partial charge in [-0.3, -0.25) is 9.59 Å². The molecule has 1 heterocycles. The topological polar surface area (TPSA) is 95.9 Å². The standard InChI is InChI=1S/C31H35NO5/c1-16-14-30-15-31(16,36)11-10-22(30)21-13-23-26(33)29(3,28(35)37-23)24(21)25(30)27(34)32-17(2)12-19-9-8-18-6-4-5-7-20(18)19/h4-7,9,13,17,22-26,33,36H,1,8,10-12,14-15H2,2-3H3,(H,32,34)/t17-,22+,23+,24-,25-,26+,29+,30+,31+/m1/s1. The fourth-order valence-electron chi connectivity index (χ4n) is 9.14. The van der Waals surface area contributed by atoms with Crippen molar-refractivity contribution in [2.24, 2.45) is 28.6 Å². The summed E-state index contributed by atoms with van der Waals surface area (Å²) in [5.74, 6) is -1.46. The van der Waals surface area contributed by atoms with Crippen LogP contribution in [0.1, 0.15) is 57.1 Å². The Labute approximate surface area is 217 Å². The highest BCUT2D eigenvalue weighted by Crippen LogP contribution is 2.74. The van der Waals surface area contributed by atoms with Crippen molar-refractivity contribution >= 4 is 17.4 Å². The molecule has 0 radical (unpaired) electrons. The lowest BCUT2D eigenvalue weighted by atomic mass is 9.60. The number of allylic oxidation sites excluding steroid dienone is 2. The summed E-state index contributed by atoms with van der Waals surface area (Å²) < 4.78 is 5.59. The van der Waals surface area contributed by atoms with E-state index in [0.29, 0.717) is 19.3 Å². The van der Waals surface area contributed by atoms with Crippen molar-refractivity contribution in [2.75, 3.05) is 0 Å². The van der Waals surface area contributed by atoms with E-state index in [2.05, 4.69) is 36.2 Å². The lowest BCUT2D eigenvalue weighted by Crippen LogP contribution is -2.53. The van der Waals surface area contributed by atoms with Gasteiger partial charge in [0.2, 0.25) is 5.91 Å². The molecule has 3 saturated carbocycles. The van der Waals surface area contributed by atoms with Crippen LogP contribution in [-0.4, -0.2) is 45.9 Å². The highest BCUT2D eigenvalue weighted by molar-refractivity contribution is 5.88. The minimum absolute atomic E-state index is 0.0660. The van der Waals surface area contributed by atoms with Gasteiger partial charge in [0, 0.05) is 12.0 Å². The molecule has 6 aliphatic rings. The molecule has 1 aromatic rings. The Bertz CT molecular complexity index is 1310. The Balaban J connectivity index is 1.24. The fraction of sp³-hybridized carbons (Fsp3) is 0.548. The van der Waals surface area contributed by atoms with Crippen LogP contribution in [0.25, 0.3) is 5.57 Å². The van der Waals surface area contributed by atoms with Gasteiger partial charge in [-0.2, -0.15) is 0 Å². The molecule has 9 atom stereocenters. The SMILES string of the molecule is C=C1C[C@]23C[C@@]1(O)CC[C@H]2C1=C[C@@H]2OC(=O)[C@@](C)([C@H]1[C@@H]3C(=O)N[C@H](C)CC1=CCc3ccccc31)[C@H]2O. The third-order valence-electron chi connectivity index (χ3n) is 10.8. The van der Waals surface area contributed by atoms with Gasteiger partial charge in [-0.05, 0) is 92.1 Å². The smallest absolute Gasteiger partial charge is 0.315 e. The van der Waals surface area contributed by atoms with E-state index >= 15 is 0 Å². The summed E-state index contributed by atoms with van der Waals surface area (Å²) in [5, 5.41) is 25.9. The number of fused-ring (bicyclic) bond motifs is 7. The first-order valence-corrected chi connectivity index (χ1v) is 13.7. The van der Waals surface area contributed by atoms with E-state index in [9.17, 15) is 19.8 Å². The molecule has 4 fully saturated rings. The fourth-order valence-corrected chi connectivity index (χ4v) is 9.14. The molecule has 6 nitrogen and oxygen atoms in total. The molecular weight excluding hydrogens is 466 g/mol. The van der Waals surface area contributed by atoms with Crippen LogP contribution in [-0.2, 0) is 20.7 Å². The zero-order valence-corrected chi connectivity index (χ0v) is 21.5. The maximum Gasteiger partial charge on any atom is 0.315 e. The van der Waals surface area contributed by atoms with Crippen LogP contribution in [0.2, 0.25) is 0 Å². The number of aliphatic hydroxyl groups excluding tert-OH is 1. The van der Waals surface area contributed by atoms with E-state index in [-0.39, 0.29) is 17.9 Å². The quantitative estimate of drug-likeness (QED) is 0.434. The van der Waals surface area contributed by atoms with E-state index in [1.54, 1.807) is 6.92 Å². The number of ether oxygens (including phenoxy) is 1. The van der Waals surface area contributed by atoms with Crippen LogP contribution in [0, 0.1) is 28.6 Å². The molecule has 37 heavy (non-hydrogen) atoms. The molecule has 1 spiro atoms. The number of esters is 1. The number of hydrogen-bond donors (Lipinski definition) is 3. The Morgan fingerprint density at radius 2 is 2.11 bits per heavy atom. The predicted octanol–water partition coefficient (Wildman–Crippen LogP) is 3.48. The number of carbonyl (C=O) groups excluding carboxylic acids is 2. The minimum atomic E-state index is -1.18. The Morgan fingerprint density at radius 3 is 2.92 bits per heavy atom. The van der Waals surface area contributed by atoms with Crippen molar-refractivity contribution in [1.82, 2.24) is 5.32 Å². The second kappa shape index (κ2) is 7.45. The molecular formula is C31H35NO5. The third-order valence-corrected chi connectivity index (χ3v) is 10.8. The number of amides is 1. The van der Waals surface area contributed by atoms with Crippen molar-refractivity contribution in [3.63, 3.8) is 0 Å². The van der Waals surface area contributed by atoms with Gasteiger partial charge in [-0.25, -0.2) is 0 Å². The Hall–Kier alpha value is -2.70. The third kappa shape index (κ3) is 2.89. The molecule has 6 heteroatoms. The van der Waals surface area contributed by atoms with Crippen molar-refractivity contribution in [3.8, 4) is 0 Å². The van der Waals surface area contributed by atoms with Gasteiger partial charge < -0.3 is 20.3 Å². The van der Waals surface area contributed by atoms with Gasteiger partial charge in [0.25, 0.3) is 0 Å². The zero-order chi connectivity index (χ0) is 25.9. The maximum absolute atomic E-state index is 14.3. The molecule has 1 aromatic carbocycles. The van der Waals surface area contributed by atoms with Gasteiger partial charge in [0.15, 0.2) is 0 Å². The van der Waals surface area contributed by atoms with E-state index in [1.165, 1.54) is 16.7 Å². The molecule has 0 aromatic heterocycles. The minimum Gasteiger partial charge on any atom is -0.455 e. The molecule has 1 amide bonds. The normalized spacial score (nSPS) is 43.4. The van der Waals surface area contributed by atoms with Gasteiger partial charge in [-0.15, -0.1) is 0 Å². The van der Waals surface area contributed by atoms with Crippen LogP contribution in [0.5, 0.6) is 0 Å². The molecule has 194 valence electrons. The van der Waals surface area contributed by atoms with Crippen LogP contribution in [0.15, 0.2) is 54.1 Å². The molecule has 5 aliphatic carbocycles. The number of rotatable bonds is 4. The van der Waals surface area contributed by atoms with Gasteiger partial charge >= 0.3 is 5.97 Å². The van der Waals surface area contributed by atoms with E-state index < -0.39 is 46.4 Å². The lowest BCUT2D eigenvalue weighted by Gasteiger charge is -2.43. The Kier molecular flexibility index (Phi) is 4.71. The highest BCUT2D eigenvalue weighted by atomic mass is 16.6. The summed E-state index contributed by atoms with van der Waals surface area (Å²) in [6.45, 7) is 8.03. The monoisotopic (exact) mass is 501 g/mol. The average Bonchev–Trinajstić information content (AvgIpc) is 3.47. The number of benzene rings is 1. The highest BCUT2D eigenvalue weighted by Gasteiger charge is 2.75. The lowest BCUT2D eigenvalue weighted by molar-refractivity contribution is -0.151.